The first kappa shape index (κ1) is 25.4. The number of non-ortho nitro benzene ring substituents is 1. The molecule has 5 aromatic rings. The van der Waals surface area contributed by atoms with Gasteiger partial charge in [-0.2, -0.15) is 8.75 Å². The second kappa shape index (κ2) is 10.3. The quantitative estimate of drug-likeness (QED) is 0.151. The normalized spacial score (nSPS) is 16.8. The van der Waals surface area contributed by atoms with E-state index in [0.29, 0.717) is 45.7 Å². The highest BCUT2D eigenvalue weighted by Gasteiger charge is 2.48. The van der Waals surface area contributed by atoms with Crippen LogP contribution in [0.2, 0.25) is 0 Å². The van der Waals surface area contributed by atoms with Crippen molar-refractivity contribution in [3.05, 3.63) is 135 Å². The molecule has 9 nitrogen and oxygen atoms in total. The molecule has 1 atom stereocenters. The first-order chi connectivity index (χ1) is 19.4. The van der Waals surface area contributed by atoms with Gasteiger partial charge in [0.15, 0.2) is 0 Å². The molecule has 0 aliphatic carbocycles. The topological polar surface area (TPSA) is 125 Å². The minimum absolute atomic E-state index is 0.0560. The van der Waals surface area contributed by atoms with Gasteiger partial charge in [0, 0.05) is 29.7 Å². The summed E-state index contributed by atoms with van der Waals surface area (Å²) < 4.78 is 20.0. The van der Waals surface area contributed by atoms with Crippen LogP contribution in [-0.4, -0.2) is 24.7 Å². The van der Waals surface area contributed by atoms with E-state index in [1.807, 2.05) is 30.3 Å². The summed E-state index contributed by atoms with van der Waals surface area (Å²) in [6.07, 6.45) is 0.106. The number of nitrogens with zero attached hydrogens (tertiary/aromatic N) is 3. The van der Waals surface area contributed by atoms with Crippen molar-refractivity contribution in [3.63, 3.8) is 0 Å². The van der Waals surface area contributed by atoms with Gasteiger partial charge in [-0.25, -0.2) is 4.79 Å². The van der Waals surface area contributed by atoms with E-state index in [-0.39, 0.29) is 17.7 Å². The van der Waals surface area contributed by atoms with Crippen molar-refractivity contribution in [3.8, 4) is 5.75 Å². The Hall–Kier alpha value is -4.93. The first-order valence-corrected chi connectivity index (χ1v) is 13.1. The lowest BCUT2D eigenvalue weighted by Gasteiger charge is -2.26. The molecule has 198 valence electrons. The van der Waals surface area contributed by atoms with Gasteiger partial charge < -0.3 is 14.6 Å². The van der Waals surface area contributed by atoms with Gasteiger partial charge in [-0.3, -0.25) is 10.1 Å². The summed E-state index contributed by atoms with van der Waals surface area (Å²) in [6.45, 7) is 0.378. The number of cyclic esters (lactones) is 1. The van der Waals surface area contributed by atoms with Gasteiger partial charge in [0.25, 0.3) is 11.5 Å². The van der Waals surface area contributed by atoms with Gasteiger partial charge in [0.1, 0.15) is 23.4 Å². The smallest absolute Gasteiger partial charge is 0.342 e. The molecule has 0 fully saturated rings. The summed E-state index contributed by atoms with van der Waals surface area (Å²) in [5.41, 5.74) is 4.32. The molecule has 10 heteroatoms. The molecule has 6 rings (SSSR count). The standard InChI is InChI=1S/C30H21N3O6S/c34-29-28(21-8-15-26-27(17-21)32-40-31-26)25(16-19-6-11-23(12-7-19)33(36)37)30(35,39-29)22-9-13-24(14-10-22)38-18-20-4-2-1-3-5-20/h1-15,17,35H,16,18H2. The van der Waals surface area contributed by atoms with E-state index in [0.717, 1.165) is 17.3 Å². The van der Waals surface area contributed by atoms with E-state index >= 15 is 0 Å². The van der Waals surface area contributed by atoms with Crippen LogP contribution in [0.4, 0.5) is 5.69 Å². The van der Waals surface area contributed by atoms with Crippen LogP contribution in [-0.2, 0) is 28.3 Å². The monoisotopic (exact) mass is 551 g/mol. The van der Waals surface area contributed by atoms with Crippen molar-refractivity contribution in [2.45, 2.75) is 18.8 Å². The van der Waals surface area contributed by atoms with Crippen molar-refractivity contribution < 1.29 is 24.3 Å². The number of fused-ring (bicyclic) bond motifs is 1. The Morgan fingerprint density at radius 3 is 2.35 bits per heavy atom. The third-order valence-corrected chi connectivity index (χ3v) is 7.28. The second-order valence-corrected chi connectivity index (χ2v) is 9.78. The molecule has 0 radical (unpaired) electrons. The van der Waals surface area contributed by atoms with Crippen LogP contribution in [0.5, 0.6) is 5.75 Å². The lowest BCUT2D eigenvalue weighted by atomic mass is 9.88. The number of carbonyl (C=O) groups excluding carboxylic acids is 1. The Morgan fingerprint density at radius 2 is 1.62 bits per heavy atom. The third-order valence-electron chi connectivity index (χ3n) is 6.72. The Morgan fingerprint density at radius 1 is 0.900 bits per heavy atom. The number of nitro benzene ring substituents is 1. The van der Waals surface area contributed by atoms with E-state index in [2.05, 4.69) is 8.75 Å². The lowest BCUT2D eigenvalue weighted by Crippen LogP contribution is -2.29. The van der Waals surface area contributed by atoms with Crippen LogP contribution < -0.4 is 4.74 Å². The van der Waals surface area contributed by atoms with Crippen molar-refractivity contribution in [2.24, 2.45) is 0 Å². The fraction of sp³-hybridized carbons (Fsp3) is 0.100. The van der Waals surface area contributed by atoms with E-state index in [4.69, 9.17) is 9.47 Å². The minimum Gasteiger partial charge on any atom is -0.489 e. The highest BCUT2D eigenvalue weighted by Crippen LogP contribution is 2.45. The summed E-state index contributed by atoms with van der Waals surface area (Å²) >= 11 is 1.06. The van der Waals surface area contributed by atoms with Crippen LogP contribution in [0.25, 0.3) is 16.6 Å². The third kappa shape index (κ3) is 4.81. The first-order valence-electron chi connectivity index (χ1n) is 12.3. The molecule has 0 spiro atoms. The zero-order valence-electron chi connectivity index (χ0n) is 20.9. The van der Waals surface area contributed by atoms with Crippen LogP contribution >= 0.6 is 11.7 Å². The molecule has 4 aromatic carbocycles. The summed E-state index contributed by atoms with van der Waals surface area (Å²) in [6, 6.07) is 27.6. The molecular formula is C30H21N3O6S. The number of aliphatic hydroxyl groups is 1. The van der Waals surface area contributed by atoms with Crippen LogP contribution in [0.15, 0.2) is 103 Å². The van der Waals surface area contributed by atoms with E-state index < -0.39 is 16.7 Å². The van der Waals surface area contributed by atoms with E-state index in [1.165, 1.54) is 12.1 Å². The van der Waals surface area contributed by atoms with Gasteiger partial charge in [0.05, 0.1) is 22.2 Å². The molecule has 1 unspecified atom stereocenters. The van der Waals surface area contributed by atoms with Gasteiger partial charge in [-0.1, -0.05) is 48.5 Å². The molecule has 0 amide bonds. The van der Waals surface area contributed by atoms with Crippen LogP contribution in [0.3, 0.4) is 0 Å². The summed E-state index contributed by atoms with van der Waals surface area (Å²) in [4.78, 5) is 24.0. The lowest BCUT2D eigenvalue weighted by molar-refractivity contribution is -0.384. The predicted octanol–water partition coefficient (Wildman–Crippen LogP) is 5.58. The highest BCUT2D eigenvalue weighted by atomic mass is 32.1. The SMILES string of the molecule is O=C1OC(O)(c2ccc(OCc3ccccc3)cc2)C(Cc2ccc([N+](=O)[O-])cc2)=C1c1ccc2nsnc2c1. The molecular weight excluding hydrogens is 530 g/mol. The average Bonchev–Trinajstić information content (AvgIpc) is 3.54. The largest absolute Gasteiger partial charge is 0.489 e. The molecule has 1 N–H and O–H groups in total. The zero-order valence-corrected chi connectivity index (χ0v) is 21.7. The van der Waals surface area contributed by atoms with Crippen molar-refractivity contribution in [1.82, 2.24) is 8.75 Å². The maximum atomic E-state index is 13.3. The van der Waals surface area contributed by atoms with Gasteiger partial charge >= 0.3 is 5.97 Å². The number of carbonyl (C=O) groups is 1. The number of hydrogen-bond donors (Lipinski definition) is 1. The van der Waals surface area contributed by atoms with Crippen LogP contribution in [0, 0.1) is 10.1 Å². The second-order valence-electron chi connectivity index (χ2n) is 9.25. The Bertz CT molecular complexity index is 1750. The fourth-order valence-corrected chi connectivity index (χ4v) is 5.19. The number of hydrogen-bond acceptors (Lipinski definition) is 9. The Kier molecular flexibility index (Phi) is 6.54. The van der Waals surface area contributed by atoms with Gasteiger partial charge in [0.2, 0.25) is 0 Å². The van der Waals surface area contributed by atoms with E-state index in [1.54, 1.807) is 54.6 Å². The molecule has 0 bridgehead atoms. The Labute approximate surface area is 232 Å². The molecule has 0 saturated carbocycles. The number of benzene rings is 4. The van der Waals surface area contributed by atoms with Gasteiger partial charge in [-0.05, 0) is 53.1 Å². The highest BCUT2D eigenvalue weighted by molar-refractivity contribution is 7.00. The van der Waals surface area contributed by atoms with Crippen LogP contribution in [0.1, 0.15) is 22.3 Å². The molecule has 0 saturated heterocycles. The number of rotatable bonds is 8. The molecule has 1 aliphatic heterocycles. The molecule has 40 heavy (non-hydrogen) atoms. The predicted molar refractivity (Wildman–Crippen MR) is 148 cm³/mol. The molecule has 2 heterocycles. The zero-order chi connectivity index (χ0) is 27.7. The van der Waals surface area contributed by atoms with Crippen molar-refractivity contribution in [2.75, 3.05) is 0 Å². The molecule has 1 aromatic heterocycles. The Balaban J connectivity index is 1.38. The molecule has 1 aliphatic rings. The van der Waals surface area contributed by atoms with Crippen molar-refractivity contribution in [1.29, 1.82) is 0 Å². The van der Waals surface area contributed by atoms with Gasteiger partial charge in [-0.15, -0.1) is 0 Å². The summed E-state index contributed by atoms with van der Waals surface area (Å²) in [5, 5.41) is 23.1. The number of nitro groups is 1. The van der Waals surface area contributed by atoms with Crippen molar-refractivity contribution >= 4 is 40.0 Å². The van der Waals surface area contributed by atoms with E-state index in [9.17, 15) is 20.0 Å². The summed E-state index contributed by atoms with van der Waals surface area (Å²) in [7, 11) is 0. The fourth-order valence-electron chi connectivity index (χ4n) is 4.67. The average molecular weight is 552 g/mol. The number of ether oxygens (including phenoxy) is 2. The summed E-state index contributed by atoms with van der Waals surface area (Å²) in [5.74, 6) is -2.17. The number of esters is 1. The maximum Gasteiger partial charge on any atom is 0.342 e. The minimum atomic E-state index is -2.07. The number of aromatic nitrogens is 2. The maximum absolute atomic E-state index is 13.3.